The van der Waals surface area contributed by atoms with Crippen LogP contribution in [0.5, 0.6) is 0 Å². The van der Waals surface area contributed by atoms with Crippen LogP contribution in [0, 0.1) is 0 Å². The van der Waals surface area contributed by atoms with Gasteiger partial charge in [0.2, 0.25) is 0 Å². The highest BCUT2D eigenvalue weighted by atomic mass is 19.4. The molecule has 1 amide bonds. The Balaban J connectivity index is 1.60. The standard InChI is InChI=1S/C24H14F6N2O3/c25-23(26,27)16-7-3-5-14(11-16)13-32-19-10-2-1-9-18(19)20(21(32)33)31-35-22(34)15-6-4-8-17(12-15)24(28,29)30/h1-12H,13H2/b31-20-. The Morgan fingerprint density at radius 1 is 0.829 bits per heavy atom. The number of carbonyl (C=O) groups is 2. The van der Waals surface area contributed by atoms with Crippen molar-refractivity contribution in [2.24, 2.45) is 5.16 Å². The van der Waals surface area contributed by atoms with Gasteiger partial charge in [-0.2, -0.15) is 26.3 Å². The third-order valence-electron chi connectivity index (χ3n) is 5.14. The average Bonchev–Trinajstić information content (AvgIpc) is 3.07. The number of oxime groups is 1. The Morgan fingerprint density at radius 3 is 2.14 bits per heavy atom. The first-order valence-corrected chi connectivity index (χ1v) is 9.99. The van der Waals surface area contributed by atoms with Crippen LogP contribution in [0.2, 0.25) is 0 Å². The normalized spacial score (nSPS) is 14.9. The van der Waals surface area contributed by atoms with Gasteiger partial charge in [-0.15, -0.1) is 0 Å². The third-order valence-corrected chi connectivity index (χ3v) is 5.14. The summed E-state index contributed by atoms with van der Waals surface area (Å²) in [5.74, 6) is -1.97. The van der Waals surface area contributed by atoms with Crippen molar-refractivity contribution in [3.8, 4) is 0 Å². The van der Waals surface area contributed by atoms with Crippen LogP contribution >= 0.6 is 0 Å². The maximum atomic E-state index is 13.1. The van der Waals surface area contributed by atoms with Gasteiger partial charge in [0, 0.05) is 5.56 Å². The summed E-state index contributed by atoms with van der Waals surface area (Å²) in [5.41, 5.74) is -1.90. The molecule has 0 N–H and O–H groups in total. The van der Waals surface area contributed by atoms with Crippen molar-refractivity contribution >= 4 is 23.3 Å². The Hall–Kier alpha value is -4.15. The Morgan fingerprint density at radius 2 is 1.46 bits per heavy atom. The molecule has 11 heteroatoms. The molecule has 0 aliphatic carbocycles. The van der Waals surface area contributed by atoms with E-state index in [0.29, 0.717) is 11.8 Å². The predicted octanol–water partition coefficient (Wildman–Crippen LogP) is 5.83. The first-order valence-electron chi connectivity index (χ1n) is 9.99. The van der Waals surface area contributed by atoms with Crippen molar-refractivity contribution < 1.29 is 40.8 Å². The highest BCUT2D eigenvalue weighted by molar-refractivity contribution is 6.54. The number of para-hydroxylation sites is 1. The van der Waals surface area contributed by atoms with E-state index in [1.165, 1.54) is 29.2 Å². The molecule has 0 fully saturated rings. The van der Waals surface area contributed by atoms with E-state index in [1.807, 2.05) is 0 Å². The van der Waals surface area contributed by atoms with Crippen LogP contribution < -0.4 is 4.90 Å². The Bertz CT molecular complexity index is 1330. The summed E-state index contributed by atoms with van der Waals surface area (Å²) in [6.07, 6.45) is -9.24. The number of amides is 1. The first kappa shape index (κ1) is 24.0. The quantitative estimate of drug-likeness (QED) is 0.262. The van der Waals surface area contributed by atoms with Gasteiger partial charge in [-0.25, -0.2) is 4.79 Å². The van der Waals surface area contributed by atoms with E-state index < -0.39 is 40.9 Å². The zero-order valence-electron chi connectivity index (χ0n) is 17.5. The van der Waals surface area contributed by atoms with Crippen molar-refractivity contribution in [2.45, 2.75) is 18.9 Å². The van der Waals surface area contributed by atoms with Gasteiger partial charge in [-0.1, -0.05) is 41.6 Å². The molecule has 1 heterocycles. The molecule has 0 spiro atoms. The van der Waals surface area contributed by atoms with E-state index in [9.17, 15) is 35.9 Å². The van der Waals surface area contributed by atoms with Crippen LogP contribution in [0.15, 0.2) is 78.0 Å². The zero-order valence-corrected chi connectivity index (χ0v) is 17.5. The second-order valence-corrected chi connectivity index (χ2v) is 7.50. The van der Waals surface area contributed by atoms with E-state index in [0.717, 1.165) is 30.3 Å². The molecule has 5 nitrogen and oxygen atoms in total. The zero-order chi connectivity index (χ0) is 25.4. The van der Waals surface area contributed by atoms with Crippen LogP contribution in [0.4, 0.5) is 32.0 Å². The predicted molar refractivity (Wildman–Crippen MR) is 112 cm³/mol. The molecule has 0 aromatic heterocycles. The molecule has 0 radical (unpaired) electrons. The maximum absolute atomic E-state index is 13.1. The highest BCUT2D eigenvalue weighted by Gasteiger charge is 2.36. The van der Waals surface area contributed by atoms with Crippen LogP contribution in [0.3, 0.4) is 0 Å². The lowest BCUT2D eigenvalue weighted by molar-refractivity contribution is -0.138. The number of anilines is 1. The van der Waals surface area contributed by atoms with Crippen molar-refractivity contribution in [3.63, 3.8) is 0 Å². The molecule has 0 unspecified atom stereocenters. The van der Waals surface area contributed by atoms with Crippen molar-refractivity contribution in [1.82, 2.24) is 0 Å². The Labute approximate surface area is 194 Å². The highest BCUT2D eigenvalue weighted by Crippen LogP contribution is 2.33. The third kappa shape index (κ3) is 5.03. The molecule has 3 aromatic rings. The van der Waals surface area contributed by atoms with Gasteiger partial charge in [0.25, 0.3) is 5.91 Å². The summed E-state index contributed by atoms with van der Waals surface area (Å²) in [6.45, 7) is -0.222. The number of rotatable bonds is 4. The van der Waals surface area contributed by atoms with Gasteiger partial charge >= 0.3 is 18.3 Å². The largest absolute Gasteiger partial charge is 0.416 e. The average molecular weight is 492 g/mol. The monoisotopic (exact) mass is 492 g/mol. The molecule has 4 rings (SSSR count). The fourth-order valence-electron chi connectivity index (χ4n) is 3.50. The first-order chi connectivity index (χ1) is 16.4. The number of alkyl halides is 6. The minimum atomic E-state index is -4.67. The summed E-state index contributed by atoms with van der Waals surface area (Å²) >= 11 is 0. The fraction of sp³-hybridized carbons (Fsp3) is 0.125. The van der Waals surface area contributed by atoms with Crippen LogP contribution in [0.1, 0.15) is 32.6 Å². The smallest absolute Gasteiger partial charge is 0.312 e. The molecular formula is C24H14F6N2O3. The van der Waals surface area contributed by atoms with Gasteiger partial charge in [0.15, 0.2) is 5.71 Å². The summed E-state index contributed by atoms with van der Waals surface area (Å²) < 4.78 is 77.9. The minimum absolute atomic E-state index is 0.199. The van der Waals surface area contributed by atoms with Crippen molar-refractivity contribution in [2.75, 3.05) is 4.90 Å². The summed E-state index contributed by atoms with van der Waals surface area (Å²) in [4.78, 5) is 31.2. The molecule has 3 aromatic carbocycles. The lowest BCUT2D eigenvalue weighted by Gasteiger charge is -2.17. The number of hydrogen-bond acceptors (Lipinski definition) is 4. The van der Waals surface area contributed by atoms with E-state index in [2.05, 4.69) is 5.16 Å². The van der Waals surface area contributed by atoms with E-state index in [4.69, 9.17) is 4.84 Å². The minimum Gasteiger partial charge on any atom is -0.312 e. The topological polar surface area (TPSA) is 59.0 Å². The number of nitrogens with zero attached hydrogens (tertiary/aromatic N) is 2. The van der Waals surface area contributed by atoms with Gasteiger partial charge in [-0.3, -0.25) is 4.79 Å². The van der Waals surface area contributed by atoms with E-state index >= 15 is 0 Å². The van der Waals surface area contributed by atoms with Crippen molar-refractivity contribution in [1.29, 1.82) is 0 Å². The van der Waals surface area contributed by atoms with E-state index in [-0.39, 0.29) is 23.4 Å². The van der Waals surface area contributed by atoms with Crippen LogP contribution in [0.25, 0.3) is 0 Å². The fourth-order valence-corrected chi connectivity index (χ4v) is 3.50. The molecule has 35 heavy (non-hydrogen) atoms. The second kappa shape index (κ2) is 8.90. The lowest BCUT2D eigenvalue weighted by Crippen LogP contribution is -2.30. The lowest BCUT2D eigenvalue weighted by atomic mass is 10.1. The molecule has 0 bridgehead atoms. The number of fused-ring (bicyclic) bond motifs is 1. The molecule has 1 aliphatic rings. The van der Waals surface area contributed by atoms with E-state index in [1.54, 1.807) is 12.1 Å². The van der Waals surface area contributed by atoms with Gasteiger partial charge in [0.1, 0.15) is 0 Å². The number of halogens is 6. The summed E-state index contributed by atoms with van der Waals surface area (Å²) in [5, 5.41) is 3.58. The second-order valence-electron chi connectivity index (χ2n) is 7.50. The van der Waals surface area contributed by atoms with Crippen molar-refractivity contribution in [3.05, 3.63) is 101 Å². The Kier molecular flexibility index (Phi) is 6.10. The molecule has 0 saturated heterocycles. The number of benzene rings is 3. The molecule has 180 valence electrons. The van der Waals surface area contributed by atoms with Gasteiger partial charge in [0.05, 0.1) is 28.9 Å². The molecule has 1 aliphatic heterocycles. The van der Waals surface area contributed by atoms with Gasteiger partial charge in [-0.05, 0) is 42.0 Å². The number of hydrogen-bond donors (Lipinski definition) is 0. The van der Waals surface area contributed by atoms with Crippen LogP contribution in [-0.2, 0) is 28.5 Å². The SMILES string of the molecule is O=C(O/N=C1\C(=O)N(Cc2cccc(C(F)(F)F)c2)c2ccccc21)c1cccc(C(F)(F)F)c1. The summed E-state index contributed by atoms with van der Waals surface area (Å²) in [6, 6.07) is 14.2. The maximum Gasteiger partial charge on any atom is 0.416 e. The molecule has 0 saturated carbocycles. The van der Waals surface area contributed by atoms with Gasteiger partial charge < -0.3 is 9.74 Å². The summed E-state index contributed by atoms with van der Waals surface area (Å²) in [7, 11) is 0. The van der Waals surface area contributed by atoms with Crippen LogP contribution in [-0.4, -0.2) is 17.6 Å². The molecular weight excluding hydrogens is 478 g/mol. The number of carbonyl (C=O) groups excluding carboxylic acids is 2. The molecule has 0 atom stereocenters.